The Kier molecular flexibility index (Phi) is 6.31. The van der Waals surface area contributed by atoms with Gasteiger partial charge in [-0.2, -0.15) is 0 Å². The SMILES string of the molecule is O=C(CCCCCn1cnc2ccccc2c1=O)Nc1ccc2c(c1)C(=O)N1CCC[C@@H]1C(=O)N2. The van der Waals surface area contributed by atoms with Crippen LogP contribution >= 0.6 is 0 Å². The molecule has 3 amide bonds. The van der Waals surface area contributed by atoms with E-state index in [0.717, 1.165) is 19.3 Å². The van der Waals surface area contributed by atoms with Gasteiger partial charge in [-0.15, -0.1) is 0 Å². The Hall–Kier alpha value is -4.01. The zero-order chi connectivity index (χ0) is 24.4. The predicted molar refractivity (Wildman–Crippen MR) is 132 cm³/mol. The van der Waals surface area contributed by atoms with Crippen molar-refractivity contribution in [3.05, 3.63) is 64.7 Å². The van der Waals surface area contributed by atoms with Crippen LogP contribution in [0.25, 0.3) is 10.9 Å². The number of benzene rings is 2. The molecule has 9 nitrogen and oxygen atoms in total. The third-order valence-electron chi connectivity index (χ3n) is 6.64. The molecule has 5 rings (SSSR count). The molecule has 0 spiro atoms. The fourth-order valence-electron chi connectivity index (χ4n) is 4.79. The standard InChI is InChI=1S/C26H27N5O4/c32-23(10-2-1-5-13-30-16-27-20-8-4-3-7-18(20)25(30)34)28-17-11-12-21-19(15-17)26(35)31-14-6-9-22(31)24(33)29-21/h3-4,7-8,11-12,15-16,22H,1-2,5-6,9-10,13-14H2,(H,28,32)(H,29,33)/t22-/m1/s1. The Balaban J connectivity index is 1.13. The van der Waals surface area contributed by atoms with Gasteiger partial charge in [0.15, 0.2) is 0 Å². The normalized spacial score (nSPS) is 17.0. The molecule has 1 atom stereocenters. The van der Waals surface area contributed by atoms with Gasteiger partial charge >= 0.3 is 0 Å². The summed E-state index contributed by atoms with van der Waals surface area (Å²) in [6.07, 6.45) is 5.61. The zero-order valence-electron chi connectivity index (χ0n) is 19.3. The Morgan fingerprint density at radius 2 is 1.94 bits per heavy atom. The van der Waals surface area contributed by atoms with Gasteiger partial charge in [-0.25, -0.2) is 4.98 Å². The first-order valence-corrected chi connectivity index (χ1v) is 12.0. The van der Waals surface area contributed by atoms with E-state index >= 15 is 0 Å². The summed E-state index contributed by atoms with van der Waals surface area (Å²) < 4.78 is 1.61. The molecule has 35 heavy (non-hydrogen) atoms. The molecule has 2 N–H and O–H groups in total. The average molecular weight is 474 g/mol. The molecule has 1 fully saturated rings. The smallest absolute Gasteiger partial charge is 0.261 e. The number of anilines is 2. The number of rotatable bonds is 7. The average Bonchev–Trinajstić information content (AvgIpc) is 3.33. The van der Waals surface area contributed by atoms with Gasteiger partial charge in [0.25, 0.3) is 11.5 Å². The quantitative estimate of drug-likeness (QED) is 0.512. The molecule has 1 saturated heterocycles. The minimum absolute atomic E-state index is 0.0532. The van der Waals surface area contributed by atoms with Gasteiger partial charge in [-0.1, -0.05) is 18.6 Å². The maximum atomic E-state index is 13.0. The van der Waals surface area contributed by atoms with Crippen LogP contribution in [-0.4, -0.2) is 44.8 Å². The van der Waals surface area contributed by atoms with Crippen molar-refractivity contribution < 1.29 is 14.4 Å². The summed E-state index contributed by atoms with van der Waals surface area (Å²) in [7, 11) is 0. The van der Waals surface area contributed by atoms with Crippen molar-refractivity contribution in [2.45, 2.75) is 51.1 Å². The number of para-hydroxylation sites is 1. The third-order valence-corrected chi connectivity index (χ3v) is 6.64. The van der Waals surface area contributed by atoms with E-state index in [1.807, 2.05) is 18.2 Å². The van der Waals surface area contributed by atoms with Gasteiger partial charge in [0.2, 0.25) is 11.8 Å². The number of hydrogen-bond donors (Lipinski definition) is 2. The second-order valence-corrected chi connectivity index (χ2v) is 9.03. The molecule has 3 aromatic rings. The van der Waals surface area contributed by atoms with Gasteiger partial charge in [0.1, 0.15) is 6.04 Å². The van der Waals surface area contributed by atoms with Gasteiger partial charge in [0, 0.05) is 25.2 Å². The van der Waals surface area contributed by atoms with Crippen LogP contribution in [0.15, 0.2) is 53.6 Å². The summed E-state index contributed by atoms with van der Waals surface area (Å²) in [5.74, 6) is -0.484. The monoisotopic (exact) mass is 473 g/mol. The van der Waals surface area contributed by atoms with Crippen LogP contribution < -0.4 is 16.2 Å². The van der Waals surface area contributed by atoms with Crippen LogP contribution in [0.4, 0.5) is 11.4 Å². The number of nitrogens with zero attached hydrogens (tertiary/aromatic N) is 3. The van der Waals surface area contributed by atoms with E-state index in [4.69, 9.17) is 0 Å². The number of carbonyl (C=O) groups is 3. The summed E-state index contributed by atoms with van der Waals surface area (Å²) in [5.41, 5.74) is 2.04. The number of unbranched alkanes of at least 4 members (excludes halogenated alkanes) is 2. The van der Waals surface area contributed by atoms with Crippen molar-refractivity contribution in [1.29, 1.82) is 0 Å². The number of aromatic nitrogens is 2. The van der Waals surface area contributed by atoms with E-state index in [1.54, 1.807) is 40.1 Å². The Bertz CT molecular complexity index is 1370. The molecule has 0 saturated carbocycles. The summed E-state index contributed by atoms with van der Waals surface area (Å²) >= 11 is 0. The second-order valence-electron chi connectivity index (χ2n) is 9.03. The number of hydrogen-bond acceptors (Lipinski definition) is 5. The minimum atomic E-state index is -0.422. The molecule has 0 radical (unpaired) electrons. The van der Waals surface area contributed by atoms with Crippen LogP contribution in [-0.2, 0) is 16.1 Å². The van der Waals surface area contributed by atoms with E-state index in [9.17, 15) is 19.2 Å². The van der Waals surface area contributed by atoms with E-state index in [-0.39, 0.29) is 23.3 Å². The maximum absolute atomic E-state index is 13.0. The van der Waals surface area contributed by atoms with Crippen LogP contribution in [0, 0.1) is 0 Å². The molecular weight excluding hydrogens is 446 g/mol. The van der Waals surface area contributed by atoms with Crippen molar-refractivity contribution in [1.82, 2.24) is 14.5 Å². The highest BCUT2D eigenvalue weighted by atomic mass is 16.2. The largest absolute Gasteiger partial charge is 0.327 e. The topological polar surface area (TPSA) is 113 Å². The fraction of sp³-hybridized carbons (Fsp3) is 0.346. The highest BCUT2D eigenvalue weighted by Crippen LogP contribution is 2.30. The first-order valence-electron chi connectivity index (χ1n) is 12.0. The first-order chi connectivity index (χ1) is 17.0. The van der Waals surface area contributed by atoms with Crippen molar-refractivity contribution in [3.63, 3.8) is 0 Å². The van der Waals surface area contributed by atoms with Gasteiger partial charge < -0.3 is 15.5 Å². The lowest BCUT2D eigenvalue weighted by Crippen LogP contribution is -2.40. The Morgan fingerprint density at radius 3 is 2.83 bits per heavy atom. The van der Waals surface area contributed by atoms with E-state index in [0.29, 0.717) is 60.2 Å². The summed E-state index contributed by atoms with van der Waals surface area (Å²) in [6, 6.07) is 11.8. The zero-order valence-corrected chi connectivity index (χ0v) is 19.3. The van der Waals surface area contributed by atoms with Crippen molar-refractivity contribution in [2.75, 3.05) is 17.2 Å². The van der Waals surface area contributed by atoms with Gasteiger partial charge in [0.05, 0.1) is 28.5 Å². The molecule has 2 aliphatic rings. The van der Waals surface area contributed by atoms with Crippen molar-refractivity contribution >= 4 is 40.0 Å². The molecule has 9 heteroatoms. The van der Waals surface area contributed by atoms with E-state index < -0.39 is 6.04 Å². The van der Waals surface area contributed by atoms with Crippen LogP contribution in [0.5, 0.6) is 0 Å². The number of carbonyl (C=O) groups excluding carboxylic acids is 3. The van der Waals surface area contributed by atoms with Crippen molar-refractivity contribution in [2.24, 2.45) is 0 Å². The van der Waals surface area contributed by atoms with Crippen LogP contribution in [0.3, 0.4) is 0 Å². The molecule has 2 aromatic carbocycles. The molecule has 2 aliphatic heterocycles. The number of fused-ring (bicyclic) bond motifs is 3. The lowest BCUT2D eigenvalue weighted by molar-refractivity contribution is -0.119. The Labute approximate surface area is 202 Å². The van der Waals surface area contributed by atoms with E-state index in [1.165, 1.54) is 0 Å². The Morgan fingerprint density at radius 1 is 1.09 bits per heavy atom. The number of nitrogens with one attached hydrogen (secondary N) is 2. The highest BCUT2D eigenvalue weighted by Gasteiger charge is 2.38. The summed E-state index contributed by atoms with van der Waals surface area (Å²) in [5, 5.41) is 6.30. The van der Waals surface area contributed by atoms with Crippen LogP contribution in [0.1, 0.15) is 48.9 Å². The molecular formula is C26H27N5O4. The minimum Gasteiger partial charge on any atom is -0.327 e. The lowest BCUT2D eigenvalue weighted by atomic mass is 10.1. The molecule has 3 heterocycles. The molecule has 1 aromatic heterocycles. The summed E-state index contributed by atoms with van der Waals surface area (Å²) in [6.45, 7) is 1.11. The first kappa shape index (κ1) is 22.8. The fourth-order valence-corrected chi connectivity index (χ4v) is 4.79. The molecule has 0 bridgehead atoms. The third kappa shape index (κ3) is 4.66. The van der Waals surface area contributed by atoms with Gasteiger partial charge in [-0.05, 0) is 56.0 Å². The predicted octanol–water partition coefficient (Wildman–Crippen LogP) is 3.15. The number of aryl methyl sites for hydroxylation is 1. The number of amides is 3. The van der Waals surface area contributed by atoms with Crippen LogP contribution in [0.2, 0.25) is 0 Å². The van der Waals surface area contributed by atoms with Crippen molar-refractivity contribution in [3.8, 4) is 0 Å². The molecule has 180 valence electrons. The second kappa shape index (κ2) is 9.69. The summed E-state index contributed by atoms with van der Waals surface area (Å²) in [4.78, 5) is 56.3. The van der Waals surface area contributed by atoms with Gasteiger partial charge in [-0.3, -0.25) is 23.7 Å². The maximum Gasteiger partial charge on any atom is 0.261 e. The lowest BCUT2D eigenvalue weighted by Gasteiger charge is -2.20. The highest BCUT2D eigenvalue weighted by molar-refractivity contribution is 6.11. The molecule has 0 aliphatic carbocycles. The molecule has 0 unspecified atom stereocenters. The van der Waals surface area contributed by atoms with E-state index in [2.05, 4.69) is 15.6 Å².